The van der Waals surface area contributed by atoms with Crippen LogP contribution in [0.3, 0.4) is 0 Å². The molecule has 0 N–H and O–H groups in total. The van der Waals surface area contributed by atoms with Gasteiger partial charge in [-0.3, -0.25) is 14.5 Å². The van der Waals surface area contributed by atoms with Crippen LogP contribution in [0, 0.1) is 5.92 Å². The molecule has 0 bridgehead atoms. The summed E-state index contributed by atoms with van der Waals surface area (Å²) in [5.41, 5.74) is 0.696. The molecule has 1 aliphatic heterocycles. The Kier molecular flexibility index (Phi) is 3.10. The fourth-order valence-corrected chi connectivity index (χ4v) is 2.49. The first-order valence-corrected chi connectivity index (χ1v) is 5.70. The Labute approximate surface area is 95.2 Å². The van der Waals surface area contributed by atoms with E-state index in [-0.39, 0.29) is 17.7 Å². The van der Waals surface area contributed by atoms with Gasteiger partial charge in [-0.2, -0.15) is 0 Å². The first-order chi connectivity index (χ1) is 7.63. The highest BCUT2D eigenvalue weighted by atomic mass is 16.5. The minimum absolute atomic E-state index is 0.120. The second-order valence-corrected chi connectivity index (χ2v) is 4.51. The maximum Gasteiger partial charge on any atom is 0.256 e. The zero-order valence-corrected chi connectivity index (χ0v) is 9.73. The second kappa shape index (κ2) is 4.37. The summed E-state index contributed by atoms with van der Waals surface area (Å²) >= 11 is 0. The number of methoxy groups -OCH3 is 1. The van der Waals surface area contributed by atoms with E-state index < -0.39 is 0 Å². The fourth-order valence-electron chi connectivity index (χ4n) is 2.49. The highest BCUT2D eigenvalue weighted by Gasteiger charge is 2.34. The maximum absolute atomic E-state index is 11.8. The normalized spacial score (nSPS) is 30.9. The Morgan fingerprint density at radius 2 is 1.88 bits per heavy atom. The van der Waals surface area contributed by atoms with Crippen LogP contribution in [0.2, 0.25) is 0 Å². The zero-order valence-electron chi connectivity index (χ0n) is 9.73. The van der Waals surface area contributed by atoms with Crippen molar-refractivity contribution < 1.29 is 14.3 Å². The number of ether oxygens (including phenoxy) is 1. The van der Waals surface area contributed by atoms with Crippen molar-refractivity contribution in [3.05, 3.63) is 11.6 Å². The van der Waals surface area contributed by atoms with Crippen molar-refractivity contribution in [2.75, 3.05) is 14.2 Å². The van der Waals surface area contributed by atoms with Crippen molar-refractivity contribution in [3.8, 4) is 0 Å². The largest absolute Gasteiger partial charge is 0.381 e. The van der Waals surface area contributed by atoms with Crippen molar-refractivity contribution in [1.29, 1.82) is 0 Å². The van der Waals surface area contributed by atoms with Gasteiger partial charge in [-0.15, -0.1) is 0 Å². The Hall–Kier alpha value is -1.16. The molecule has 1 saturated carbocycles. The molecule has 0 aromatic rings. The van der Waals surface area contributed by atoms with E-state index in [0.717, 1.165) is 25.7 Å². The third kappa shape index (κ3) is 1.89. The van der Waals surface area contributed by atoms with Crippen molar-refractivity contribution in [1.82, 2.24) is 4.90 Å². The van der Waals surface area contributed by atoms with Gasteiger partial charge in [0, 0.05) is 25.8 Å². The van der Waals surface area contributed by atoms with Crippen LogP contribution in [0.5, 0.6) is 0 Å². The van der Waals surface area contributed by atoms with Gasteiger partial charge < -0.3 is 4.74 Å². The topological polar surface area (TPSA) is 46.6 Å². The summed E-state index contributed by atoms with van der Waals surface area (Å²) in [5.74, 6) is -0.0625. The molecule has 0 aromatic carbocycles. The SMILES string of the molecule is COC1CCC(C2=CC(=O)N(C)C2=O)CC1. The number of amides is 2. The molecule has 16 heavy (non-hydrogen) atoms. The molecule has 0 atom stereocenters. The molecule has 1 fully saturated rings. The average molecular weight is 223 g/mol. The van der Waals surface area contributed by atoms with E-state index in [4.69, 9.17) is 4.74 Å². The number of imide groups is 1. The van der Waals surface area contributed by atoms with Crippen LogP contribution in [-0.4, -0.2) is 37.0 Å². The number of nitrogens with zero attached hydrogens (tertiary/aromatic N) is 1. The van der Waals surface area contributed by atoms with Crippen LogP contribution in [0.15, 0.2) is 11.6 Å². The van der Waals surface area contributed by atoms with E-state index in [0.29, 0.717) is 11.7 Å². The molecule has 0 unspecified atom stereocenters. The molecular weight excluding hydrogens is 206 g/mol. The molecule has 4 heteroatoms. The molecule has 2 aliphatic rings. The van der Waals surface area contributed by atoms with Gasteiger partial charge in [0.1, 0.15) is 0 Å². The van der Waals surface area contributed by atoms with Gasteiger partial charge >= 0.3 is 0 Å². The monoisotopic (exact) mass is 223 g/mol. The third-order valence-corrected chi connectivity index (χ3v) is 3.61. The highest BCUT2D eigenvalue weighted by molar-refractivity contribution is 6.16. The predicted octanol–water partition coefficient (Wildman–Crippen LogP) is 1.12. The van der Waals surface area contributed by atoms with E-state index in [1.165, 1.54) is 18.0 Å². The molecule has 4 nitrogen and oxygen atoms in total. The minimum atomic E-state index is -0.186. The summed E-state index contributed by atoms with van der Waals surface area (Å²) in [6.45, 7) is 0. The van der Waals surface area contributed by atoms with Gasteiger partial charge in [-0.05, 0) is 31.6 Å². The molecular formula is C12H17NO3. The third-order valence-electron chi connectivity index (χ3n) is 3.61. The van der Waals surface area contributed by atoms with E-state index in [1.54, 1.807) is 7.11 Å². The lowest BCUT2D eigenvalue weighted by Gasteiger charge is -2.27. The highest BCUT2D eigenvalue weighted by Crippen LogP contribution is 2.33. The van der Waals surface area contributed by atoms with E-state index in [2.05, 4.69) is 0 Å². The van der Waals surface area contributed by atoms with E-state index in [1.807, 2.05) is 0 Å². The number of hydrogen-bond donors (Lipinski definition) is 0. The van der Waals surface area contributed by atoms with Crippen LogP contribution in [0.1, 0.15) is 25.7 Å². The number of carbonyl (C=O) groups is 2. The van der Waals surface area contributed by atoms with Gasteiger partial charge in [0.05, 0.1) is 6.10 Å². The average Bonchev–Trinajstić information content (AvgIpc) is 2.57. The summed E-state index contributed by atoms with van der Waals surface area (Å²) in [6.07, 6.45) is 5.66. The van der Waals surface area contributed by atoms with Gasteiger partial charge in [-0.1, -0.05) is 0 Å². The molecule has 2 rings (SSSR count). The van der Waals surface area contributed by atoms with Crippen molar-refractivity contribution in [3.63, 3.8) is 0 Å². The van der Waals surface area contributed by atoms with Gasteiger partial charge in [-0.25, -0.2) is 0 Å². The van der Waals surface area contributed by atoms with E-state index in [9.17, 15) is 9.59 Å². The van der Waals surface area contributed by atoms with Crippen molar-refractivity contribution >= 4 is 11.8 Å². The number of carbonyl (C=O) groups excluding carboxylic acids is 2. The van der Waals surface area contributed by atoms with Crippen molar-refractivity contribution in [2.24, 2.45) is 5.92 Å². The van der Waals surface area contributed by atoms with Crippen molar-refractivity contribution in [2.45, 2.75) is 31.8 Å². The first-order valence-electron chi connectivity index (χ1n) is 5.70. The number of rotatable bonds is 2. The van der Waals surface area contributed by atoms with Gasteiger partial charge in [0.25, 0.3) is 11.8 Å². The minimum Gasteiger partial charge on any atom is -0.381 e. The summed E-state index contributed by atoms with van der Waals surface area (Å²) in [5, 5.41) is 0. The summed E-state index contributed by atoms with van der Waals surface area (Å²) in [7, 11) is 3.26. The summed E-state index contributed by atoms with van der Waals surface area (Å²) < 4.78 is 5.29. The molecule has 1 heterocycles. The van der Waals surface area contributed by atoms with Crippen LogP contribution in [0.25, 0.3) is 0 Å². The zero-order chi connectivity index (χ0) is 11.7. The lowest BCUT2D eigenvalue weighted by Crippen LogP contribution is -2.29. The fraction of sp³-hybridized carbons (Fsp3) is 0.667. The molecule has 0 aromatic heterocycles. The smallest absolute Gasteiger partial charge is 0.256 e. The lowest BCUT2D eigenvalue weighted by molar-refractivity contribution is -0.135. The quantitative estimate of drug-likeness (QED) is 0.659. The number of likely N-dealkylation sites (N-methyl/N-ethyl adjacent to an activating group) is 1. The van der Waals surface area contributed by atoms with Crippen LogP contribution >= 0.6 is 0 Å². The molecule has 0 saturated heterocycles. The van der Waals surface area contributed by atoms with Gasteiger partial charge in [0.2, 0.25) is 0 Å². The predicted molar refractivity (Wildman–Crippen MR) is 58.6 cm³/mol. The molecule has 0 spiro atoms. The second-order valence-electron chi connectivity index (χ2n) is 4.51. The Morgan fingerprint density at radius 1 is 1.25 bits per heavy atom. The van der Waals surface area contributed by atoms with Crippen LogP contribution in [0.4, 0.5) is 0 Å². The standard InChI is InChI=1S/C12H17NO3/c1-13-11(14)7-10(12(13)15)8-3-5-9(16-2)6-4-8/h7-9H,3-6H2,1-2H3. The van der Waals surface area contributed by atoms with Crippen LogP contribution in [-0.2, 0) is 14.3 Å². The summed E-state index contributed by atoms with van der Waals surface area (Å²) in [4.78, 5) is 24.3. The Balaban J connectivity index is 2.02. The summed E-state index contributed by atoms with van der Waals surface area (Å²) in [6, 6.07) is 0. The Bertz CT molecular complexity index is 340. The Morgan fingerprint density at radius 3 is 2.31 bits per heavy atom. The maximum atomic E-state index is 11.8. The molecule has 88 valence electrons. The number of hydrogen-bond acceptors (Lipinski definition) is 3. The molecule has 2 amide bonds. The van der Waals surface area contributed by atoms with Crippen LogP contribution < -0.4 is 0 Å². The van der Waals surface area contributed by atoms with Gasteiger partial charge in [0.15, 0.2) is 0 Å². The lowest BCUT2D eigenvalue weighted by atomic mass is 9.82. The molecule has 1 aliphatic carbocycles. The van der Waals surface area contributed by atoms with E-state index >= 15 is 0 Å². The first kappa shape index (κ1) is 11.3. The molecule has 0 radical (unpaired) electrons.